The fourth-order valence-corrected chi connectivity index (χ4v) is 3.29. The standard InChI is InChI=1S/C23H24N6O/c1-15-25-21(13-22(26-15)29(2)3)27-17-8-10-18(11-9-17)28-23(30)12-16-14-24-20-7-5-4-6-19(16)20/h4-11,13-14,24H,12H2,1-3H3,(H,28,30)(H,25,26,27). The average Bonchev–Trinajstić information content (AvgIpc) is 3.12. The van der Waals surface area contributed by atoms with Crippen LogP contribution >= 0.6 is 0 Å². The van der Waals surface area contributed by atoms with Crippen molar-refractivity contribution < 1.29 is 4.79 Å². The third-order valence-electron chi connectivity index (χ3n) is 4.75. The molecule has 0 aliphatic heterocycles. The van der Waals surface area contributed by atoms with Crippen LogP contribution in [0, 0.1) is 6.92 Å². The van der Waals surface area contributed by atoms with Crippen LogP contribution in [-0.4, -0.2) is 35.0 Å². The van der Waals surface area contributed by atoms with Crippen molar-refractivity contribution in [2.24, 2.45) is 0 Å². The van der Waals surface area contributed by atoms with Gasteiger partial charge in [0.1, 0.15) is 17.5 Å². The van der Waals surface area contributed by atoms with Crippen LogP contribution in [0.3, 0.4) is 0 Å². The number of amides is 1. The summed E-state index contributed by atoms with van der Waals surface area (Å²) in [6, 6.07) is 17.4. The van der Waals surface area contributed by atoms with Gasteiger partial charge in [-0.2, -0.15) is 0 Å². The van der Waals surface area contributed by atoms with E-state index >= 15 is 0 Å². The van der Waals surface area contributed by atoms with Gasteiger partial charge in [-0.15, -0.1) is 0 Å². The van der Waals surface area contributed by atoms with Crippen LogP contribution in [0.4, 0.5) is 23.0 Å². The first-order valence-electron chi connectivity index (χ1n) is 9.73. The second-order valence-corrected chi connectivity index (χ2v) is 7.34. The lowest BCUT2D eigenvalue weighted by atomic mass is 10.1. The number of nitrogens with zero attached hydrogens (tertiary/aromatic N) is 3. The summed E-state index contributed by atoms with van der Waals surface area (Å²) in [5.74, 6) is 2.21. The quantitative estimate of drug-likeness (QED) is 0.450. The molecule has 2 aromatic carbocycles. The molecule has 2 aromatic heterocycles. The minimum absolute atomic E-state index is 0.0532. The molecule has 7 heteroatoms. The lowest BCUT2D eigenvalue weighted by Gasteiger charge is -2.14. The number of carbonyl (C=O) groups excluding carboxylic acids is 1. The molecule has 3 N–H and O–H groups in total. The number of hydrogen-bond acceptors (Lipinski definition) is 5. The van der Waals surface area contributed by atoms with Gasteiger partial charge in [-0.25, -0.2) is 9.97 Å². The molecule has 7 nitrogen and oxygen atoms in total. The average molecular weight is 400 g/mol. The maximum Gasteiger partial charge on any atom is 0.228 e. The molecule has 2 heterocycles. The van der Waals surface area contributed by atoms with Gasteiger partial charge in [-0.05, 0) is 42.8 Å². The molecule has 0 aliphatic carbocycles. The number of benzene rings is 2. The van der Waals surface area contributed by atoms with E-state index in [0.29, 0.717) is 12.2 Å². The summed E-state index contributed by atoms with van der Waals surface area (Å²) in [7, 11) is 3.89. The molecule has 0 aliphatic rings. The molecule has 4 aromatic rings. The molecular formula is C23H24N6O. The Morgan fingerprint density at radius 1 is 1.03 bits per heavy atom. The van der Waals surface area contributed by atoms with Crippen LogP contribution in [0.5, 0.6) is 0 Å². The third-order valence-corrected chi connectivity index (χ3v) is 4.75. The summed E-state index contributed by atoms with van der Waals surface area (Å²) < 4.78 is 0. The predicted octanol–water partition coefficient (Wildman–Crippen LogP) is 4.26. The number of anilines is 4. The summed E-state index contributed by atoms with van der Waals surface area (Å²) >= 11 is 0. The fourth-order valence-electron chi connectivity index (χ4n) is 3.29. The van der Waals surface area contributed by atoms with Crippen LogP contribution < -0.4 is 15.5 Å². The van der Waals surface area contributed by atoms with E-state index in [1.165, 1.54) is 0 Å². The number of carbonyl (C=O) groups is 1. The number of aromatic nitrogens is 3. The van der Waals surface area contributed by atoms with E-state index in [1.807, 2.05) is 86.7 Å². The molecule has 0 unspecified atom stereocenters. The van der Waals surface area contributed by atoms with Gasteiger partial charge in [0.05, 0.1) is 6.42 Å². The van der Waals surface area contributed by atoms with Crippen LogP contribution in [0.15, 0.2) is 60.8 Å². The first kappa shape index (κ1) is 19.4. The maximum absolute atomic E-state index is 12.5. The molecule has 0 bridgehead atoms. The Bertz CT molecular complexity index is 1180. The van der Waals surface area contributed by atoms with Crippen molar-refractivity contribution in [1.29, 1.82) is 0 Å². The Hall–Kier alpha value is -3.87. The highest BCUT2D eigenvalue weighted by Crippen LogP contribution is 2.21. The Labute approximate surface area is 175 Å². The summed E-state index contributed by atoms with van der Waals surface area (Å²) in [5.41, 5.74) is 3.65. The number of H-pyrrole nitrogens is 1. The van der Waals surface area contributed by atoms with Gasteiger partial charge < -0.3 is 20.5 Å². The second-order valence-electron chi connectivity index (χ2n) is 7.34. The number of hydrogen-bond donors (Lipinski definition) is 3. The maximum atomic E-state index is 12.5. The van der Waals surface area contributed by atoms with Gasteiger partial charge in [-0.1, -0.05) is 18.2 Å². The first-order valence-corrected chi connectivity index (χ1v) is 9.73. The Kier molecular flexibility index (Phi) is 5.34. The zero-order valence-corrected chi connectivity index (χ0v) is 17.2. The van der Waals surface area contributed by atoms with Crippen LogP contribution in [0.1, 0.15) is 11.4 Å². The lowest BCUT2D eigenvalue weighted by Crippen LogP contribution is -2.14. The van der Waals surface area contributed by atoms with Gasteiger partial charge in [0.15, 0.2) is 0 Å². The van der Waals surface area contributed by atoms with Crippen molar-refractivity contribution >= 4 is 39.8 Å². The molecule has 1 amide bonds. The predicted molar refractivity (Wildman–Crippen MR) is 121 cm³/mol. The fraction of sp³-hybridized carbons (Fsp3) is 0.174. The van der Waals surface area contributed by atoms with Crippen LogP contribution in [0.2, 0.25) is 0 Å². The summed E-state index contributed by atoms with van der Waals surface area (Å²) in [4.78, 5) is 26.4. The smallest absolute Gasteiger partial charge is 0.228 e. The summed E-state index contributed by atoms with van der Waals surface area (Å²) in [5, 5.41) is 7.31. The van der Waals surface area contributed by atoms with Gasteiger partial charge in [-0.3, -0.25) is 4.79 Å². The van der Waals surface area contributed by atoms with Gasteiger partial charge >= 0.3 is 0 Å². The van der Waals surface area contributed by atoms with E-state index in [4.69, 9.17) is 0 Å². The molecule has 152 valence electrons. The molecule has 4 rings (SSSR count). The lowest BCUT2D eigenvalue weighted by molar-refractivity contribution is -0.115. The van der Waals surface area contributed by atoms with Crippen molar-refractivity contribution in [1.82, 2.24) is 15.0 Å². The van der Waals surface area contributed by atoms with Gasteiger partial charge in [0.2, 0.25) is 5.91 Å². The molecular weight excluding hydrogens is 376 g/mol. The summed E-state index contributed by atoms with van der Waals surface area (Å²) in [6.45, 7) is 1.87. The van der Waals surface area contributed by atoms with Crippen molar-refractivity contribution in [3.8, 4) is 0 Å². The number of fused-ring (bicyclic) bond motifs is 1. The third kappa shape index (κ3) is 4.41. The number of para-hydroxylation sites is 1. The molecule has 0 saturated heterocycles. The van der Waals surface area contributed by atoms with Gasteiger partial charge in [0.25, 0.3) is 0 Å². The highest BCUT2D eigenvalue weighted by atomic mass is 16.1. The molecule has 0 spiro atoms. The Morgan fingerprint density at radius 2 is 1.77 bits per heavy atom. The largest absolute Gasteiger partial charge is 0.363 e. The van der Waals surface area contributed by atoms with E-state index in [1.54, 1.807) is 0 Å². The molecule has 0 fully saturated rings. The van der Waals surface area contributed by atoms with E-state index in [2.05, 4.69) is 25.6 Å². The second kappa shape index (κ2) is 8.24. The molecule has 0 radical (unpaired) electrons. The number of aryl methyl sites for hydroxylation is 1. The van der Waals surface area contributed by atoms with E-state index in [9.17, 15) is 4.79 Å². The number of nitrogens with one attached hydrogen (secondary N) is 3. The number of rotatable bonds is 6. The summed E-state index contributed by atoms with van der Waals surface area (Å²) in [6.07, 6.45) is 2.21. The van der Waals surface area contributed by atoms with Crippen molar-refractivity contribution in [2.45, 2.75) is 13.3 Å². The molecule has 30 heavy (non-hydrogen) atoms. The highest BCUT2D eigenvalue weighted by Gasteiger charge is 2.09. The van der Waals surface area contributed by atoms with E-state index in [-0.39, 0.29) is 5.91 Å². The minimum Gasteiger partial charge on any atom is -0.363 e. The monoisotopic (exact) mass is 400 g/mol. The Balaban J connectivity index is 1.40. The molecule has 0 atom stereocenters. The topological polar surface area (TPSA) is 85.9 Å². The zero-order chi connectivity index (χ0) is 21.1. The van der Waals surface area contributed by atoms with E-state index in [0.717, 1.165) is 39.5 Å². The first-order chi connectivity index (χ1) is 14.5. The highest BCUT2D eigenvalue weighted by molar-refractivity contribution is 5.95. The van der Waals surface area contributed by atoms with Crippen molar-refractivity contribution in [3.05, 3.63) is 72.2 Å². The van der Waals surface area contributed by atoms with Crippen LogP contribution in [0.25, 0.3) is 10.9 Å². The Morgan fingerprint density at radius 3 is 2.53 bits per heavy atom. The van der Waals surface area contributed by atoms with E-state index < -0.39 is 0 Å². The SMILES string of the molecule is Cc1nc(Nc2ccc(NC(=O)Cc3c[nH]c4ccccc34)cc2)cc(N(C)C)n1. The van der Waals surface area contributed by atoms with Gasteiger partial charge in [0, 0.05) is 48.6 Å². The number of aromatic amines is 1. The zero-order valence-electron chi connectivity index (χ0n) is 17.2. The normalized spacial score (nSPS) is 10.8. The van der Waals surface area contributed by atoms with Crippen LogP contribution in [-0.2, 0) is 11.2 Å². The van der Waals surface area contributed by atoms with Crippen molar-refractivity contribution in [3.63, 3.8) is 0 Å². The molecule has 0 saturated carbocycles. The minimum atomic E-state index is -0.0532. The van der Waals surface area contributed by atoms with Crippen molar-refractivity contribution in [2.75, 3.05) is 29.6 Å².